The van der Waals surface area contributed by atoms with Gasteiger partial charge in [0.2, 0.25) is 11.8 Å². The van der Waals surface area contributed by atoms with Gasteiger partial charge in [-0.2, -0.15) is 10.5 Å². The number of aromatic nitrogens is 2. The van der Waals surface area contributed by atoms with Gasteiger partial charge in [0.25, 0.3) is 0 Å². The van der Waals surface area contributed by atoms with Crippen molar-refractivity contribution in [1.82, 2.24) is 9.97 Å². The molecule has 20 nitrogen and oxygen atoms in total. The normalized spacial score (nSPS) is 16.5. The molecule has 0 bridgehead atoms. The summed E-state index contributed by atoms with van der Waals surface area (Å²) in [5.41, 5.74) is 11.4. The molecule has 4 fully saturated rings. The molecule has 0 radical (unpaired) electrons. The first-order chi connectivity index (χ1) is 59.9. The zero-order valence-corrected chi connectivity index (χ0v) is 68.2. The Morgan fingerprint density at radius 1 is 0.439 bits per heavy atom. The van der Waals surface area contributed by atoms with Crippen LogP contribution < -0.4 is 49.6 Å². The van der Waals surface area contributed by atoms with Crippen LogP contribution in [0.15, 0.2) is 287 Å². The van der Waals surface area contributed by atoms with E-state index in [1.807, 2.05) is 72.8 Å². The van der Waals surface area contributed by atoms with E-state index in [-0.39, 0.29) is 74.6 Å². The molecule has 4 saturated carbocycles. The molecule has 8 aromatic carbocycles. The average molecular weight is 1670 g/mol. The van der Waals surface area contributed by atoms with Gasteiger partial charge in [-0.05, 0) is 224 Å². The minimum Gasteiger partial charge on any atom is -0.626 e. The number of fused-ring (bicyclic) bond motifs is 2. The van der Waals surface area contributed by atoms with Crippen LogP contribution in [0.3, 0.4) is 0 Å². The van der Waals surface area contributed by atoms with Gasteiger partial charge in [0.15, 0.2) is 11.4 Å². The third-order valence-electron chi connectivity index (χ3n) is 23.4. The van der Waals surface area contributed by atoms with Crippen LogP contribution >= 0.6 is 0 Å². The quantitative estimate of drug-likeness (QED) is 0.0254. The summed E-state index contributed by atoms with van der Waals surface area (Å²) in [7, 11) is 0. The molecule has 0 saturated heterocycles. The van der Waals surface area contributed by atoms with Crippen molar-refractivity contribution in [2.45, 2.75) is 140 Å². The van der Waals surface area contributed by atoms with Gasteiger partial charge >= 0.3 is 39.7 Å². The number of aliphatic imine (C=N–C) groups is 2. The second kappa shape index (κ2) is 37.9. The van der Waals surface area contributed by atoms with Crippen LogP contribution in [-0.2, 0) is 21.3 Å². The van der Waals surface area contributed by atoms with Gasteiger partial charge in [-0.15, -0.1) is 11.4 Å². The first-order valence-electron chi connectivity index (χ1n) is 41.7. The molecule has 0 unspecified atom stereocenters. The van der Waals surface area contributed by atoms with Gasteiger partial charge in [0.05, 0.1) is 53.4 Å². The van der Waals surface area contributed by atoms with Gasteiger partial charge in [0.1, 0.15) is 51.2 Å². The molecule has 12 aromatic rings. The fourth-order valence-corrected chi connectivity index (χ4v) is 17.5. The van der Waals surface area contributed by atoms with E-state index in [0.29, 0.717) is 90.6 Å². The topological polar surface area (TPSA) is 259 Å². The molecule has 0 amide bonds. The van der Waals surface area contributed by atoms with E-state index in [1.54, 1.807) is 133 Å². The van der Waals surface area contributed by atoms with Crippen molar-refractivity contribution in [2.24, 2.45) is 21.8 Å². The van der Waals surface area contributed by atoms with E-state index in [4.69, 9.17) is 70.4 Å². The molecular weight excluding hydrogens is 1590 g/mol. The summed E-state index contributed by atoms with van der Waals surface area (Å²) in [5.74, 6) is 2.34. The molecule has 4 aromatic heterocycles. The first-order valence-corrected chi connectivity index (χ1v) is 41.7. The summed E-state index contributed by atoms with van der Waals surface area (Å²) in [4.78, 5) is 82.3. The van der Waals surface area contributed by atoms with Crippen molar-refractivity contribution in [3.05, 3.63) is 353 Å². The molecule has 612 valence electrons. The van der Waals surface area contributed by atoms with E-state index < -0.39 is 23.2 Å². The zero-order valence-electron chi connectivity index (χ0n) is 67.2. The molecule has 2 aliphatic heterocycles. The molecule has 0 spiro atoms. The number of carbonyl (C=O) groups is 2. The summed E-state index contributed by atoms with van der Waals surface area (Å²) < 4.78 is 49.2. The minimum atomic E-state index is -0.664. The number of benzene rings is 8. The van der Waals surface area contributed by atoms with Gasteiger partial charge in [-0.3, -0.25) is 0 Å². The number of carbonyl (C=O) groups excluding carboxylic acids is 2. The minimum absolute atomic E-state index is 0. The molecule has 0 N–H and O–H groups in total. The molecule has 0 atom stereocenters. The third-order valence-corrected chi connectivity index (χ3v) is 23.4. The van der Waals surface area contributed by atoms with E-state index >= 15 is 0 Å². The van der Waals surface area contributed by atoms with Crippen LogP contribution in [0.1, 0.15) is 195 Å². The van der Waals surface area contributed by atoms with E-state index in [9.17, 15) is 29.7 Å². The molecule has 4 aliphatic carbocycles. The maximum absolute atomic E-state index is 14.9. The van der Waals surface area contributed by atoms with Gasteiger partial charge in [-0.25, -0.2) is 38.9 Å². The Morgan fingerprint density at radius 3 is 1.41 bits per heavy atom. The van der Waals surface area contributed by atoms with E-state index in [1.165, 1.54) is 37.1 Å². The van der Waals surface area contributed by atoms with Crippen LogP contribution in [-0.4, -0.2) is 23.7 Å². The van der Waals surface area contributed by atoms with Crippen molar-refractivity contribution in [3.63, 3.8) is 0 Å². The Balaban J connectivity index is 0.000000181. The number of nitrogens with zero attached hydrogens (tertiary/aromatic N) is 8. The second-order valence-corrected chi connectivity index (χ2v) is 31.3. The average Bonchev–Trinajstić information content (AvgIpc) is 1.60. The van der Waals surface area contributed by atoms with Crippen molar-refractivity contribution < 1.29 is 63.3 Å². The Bertz CT molecular complexity index is 6480. The second-order valence-electron chi connectivity index (χ2n) is 31.3. The smallest absolute Gasteiger partial charge is 0.626 e. The summed E-state index contributed by atoms with van der Waals surface area (Å²) in [5, 5.41) is 20.3. The molecule has 6 heterocycles. The van der Waals surface area contributed by atoms with Crippen molar-refractivity contribution in [1.29, 1.82) is 10.5 Å². The summed E-state index contributed by atoms with van der Waals surface area (Å²) in [6, 6.07) is 69.7. The number of ether oxygens (including phenoxy) is 6. The van der Waals surface area contributed by atoms with E-state index in [0.717, 1.165) is 172 Å². The Labute approximate surface area is 720 Å². The fourth-order valence-electron chi connectivity index (χ4n) is 17.5. The van der Waals surface area contributed by atoms with Crippen molar-refractivity contribution in [2.75, 3.05) is 0 Å². The monoisotopic (exact) mass is 1670 g/mol. The third kappa shape index (κ3) is 18.7. The van der Waals surface area contributed by atoms with Crippen LogP contribution in [0.4, 0.5) is 11.4 Å². The van der Waals surface area contributed by atoms with Crippen LogP contribution in [0, 0.1) is 47.6 Å². The predicted octanol–water partition coefficient (Wildman–Crippen LogP) is 23.7. The van der Waals surface area contributed by atoms with E-state index in [2.05, 4.69) is 21.8 Å². The first kappa shape index (κ1) is 82.3. The van der Waals surface area contributed by atoms with Gasteiger partial charge in [0, 0.05) is 58.4 Å². The Morgan fingerprint density at radius 2 is 0.886 bits per heavy atom. The maximum atomic E-state index is 14.9. The predicted molar refractivity (Wildman–Crippen MR) is 464 cm³/mol. The fraction of sp³-hybridized carbons (Fsp3) is 0.235. The van der Waals surface area contributed by atoms with Gasteiger partial charge < -0.3 is 47.2 Å². The summed E-state index contributed by atoms with van der Waals surface area (Å²) >= 11 is 0. The summed E-state index contributed by atoms with van der Waals surface area (Å²) in [6.45, 7) is 14.9. The molecule has 6 aliphatic rings. The Hall–Kier alpha value is -14.4. The van der Waals surface area contributed by atoms with Crippen molar-refractivity contribution >= 4 is 68.2 Å². The number of hydrogen-bond donors (Lipinski definition) is 0. The zero-order chi connectivity index (χ0) is 83.4. The molecule has 21 heteroatoms. The molecular formula is C102H82N8NiO12. The molecule has 18 rings (SSSR count). The van der Waals surface area contributed by atoms with Crippen LogP contribution in [0.5, 0.6) is 46.3 Å². The number of nitriles is 2. The maximum Gasteiger partial charge on any atom is 2.00 e. The van der Waals surface area contributed by atoms with Crippen LogP contribution in [0.2, 0.25) is 0 Å². The van der Waals surface area contributed by atoms with Crippen LogP contribution in [0.25, 0.3) is 42.8 Å². The summed E-state index contributed by atoms with van der Waals surface area (Å²) in [6.07, 6.45) is 22.2. The number of hydrogen-bond acceptors (Lipinski definition) is 16. The number of rotatable bonds is 18. The van der Waals surface area contributed by atoms with Gasteiger partial charge in [-0.1, -0.05) is 168 Å². The standard InChI is InChI=1S/2C51H42N4O6.Ni/c1-53-37-21-26-38(27-22-37)58-43-30-41(33-11-5-2-6-12-33)48(54-43)46(36-15-9-4-10-16-36)49-45(35-13-7-3-8-14-35)47(50(55-49)59-39-23-17-32(31-52)18-24-39)51(57)60-40-25-19-34-20-28-44(56)61-42(34)29-40;1-53-37-21-26-39(27-22-37)59-50-47(51(57)60-40-25-19-34-20-28-44(56)61-42(34)29-40)45(35-13-7-3-8-14-35)49(55-50)46(36-15-9-4-10-16-36)48-41(33-11-5-2-6-12-33)30-43(54-48)58-38-23-17-32(31-52)18-24-38;/h2*4,9-10,15-30,33,35H,2-3,5-8,11-14H2,(H,54,55,57);/q;;+2/p-2. The SMILES string of the molecule is [C-]#[N+]c1ccc(Oc2[n-]c(/C(=C3\N=C(Oc4ccc(C#N)cc4)C=C3C3CCCCC3)c3ccccc3)c(C3CCCCC3)c2C(=O)Oc2ccc3ccc(=O)oc3c2)cc1.[C-]#[N+]c1ccc(Oc2cc(C3CCCCC3)c(/C(=C3\N=C(Oc4ccc(C#N)cc4)C(C(=O)Oc4ccc5ccc(=O)oc5c4)=C3C3CCCCC3)c3ccccc3)[n-]2)cc1.[Ni+2]. The number of allylic oxidation sites excluding steroid dienone is 2. The number of esters is 2. The Kier molecular flexibility index (Phi) is 25.4. The van der Waals surface area contributed by atoms with Crippen molar-refractivity contribution in [3.8, 4) is 58.4 Å². The largest absolute Gasteiger partial charge is 2.00 e. The molecule has 123 heavy (non-hydrogen) atoms.